The summed E-state index contributed by atoms with van der Waals surface area (Å²) < 4.78 is 7.82. The predicted octanol–water partition coefficient (Wildman–Crippen LogP) is 2.96. The third kappa shape index (κ3) is 3.55. The van der Waals surface area contributed by atoms with Gasteiger partial charge in [0.15, 0.2) is 0 Å². The van der Waals surface area contributed by atoms with Crippen molar-refractivity contribution in [1.29, 1.82) is 0 Å². The lowest BCUT2D eigenvalue weighted by atomic mass is 10.2. The number of hydrogen-bond donors (Lipinski definition) is 0. The molecule has 3 fully saturated rings. The van der Waals surface area contributed by atoms with Crippen LogP contribution in [0.2, 0.25) is 0 Å². The van der Waals surface area contributed by atoms with Gasteiger partial charge in [0.05, 0.1) is 17.3 Å². The van der Waals surface area contributed by atoms with Gasteiger partial charge in [0.1, 0.15) is 6.10 Å². The minimum absolute atomic E-state index is 0.0277. The zero-order chi connectivity index (χ0) is 18.2. The SMILES string of the molecule is O=C(c1ccc(OC2CCCC2)nc1)N1CCC(n2cc(C3CC3)nn2)C1. The van der Waals surface area contributed by atoms with Gasteiger partial charge in [-0.05, 0) is 51.0 Å². The Hall–Kier alpha value is -2.44. The molecule has 1 aliphatic heterocycles. The van der Waals surface area contributed by atoms with Crippen molar-refractivity contribution in [2.24, 2.45) is 0 Å². The number of rotatable bonds is 5. The maximum absolute atomic E-state index is 12.8. The summed E-state index contributed by atoms with van der Waals surface area (Å²) >= 11 is 0. The lowest BCUT2D eigenvalue weighted by Crippen LogP contribution is -2.29. The van der Waals surface area contributed by atoms with Crippen LogP contribution in [0.1, 0.15) is 73.0 Å². The first-order valence-corrected chi connectivity index (χ1v) is 10.1. The van der Waals surface area contributed by atoms with Crippen LogP contribution in [0.5, 0.6) is 5.88 Å². The molecule has 7 heteroatoms. The van der Waals surface area contributed by atoms with Crippen LogP contribution in [0.3, 0.4) is 0 Å². The average molecular weight is 367 g/mol. The van der Waals surface area contributed by atoms with E-state index in [-0.39, 0.29) is 18.1 Å². The Labute approximate surface area is 158 Å². The molecule has 1 amide bonds. The molecule has 0 N–H and O–H groups in total. The Morgan fingerprint density at radius 2 is 1.96 bits per heavy atom. The molecule has 142 valence electrons. The molecule has 0 bridgehead atoms. The zero-order valence-electron chi connectivity index (χ0n) is 15.5. The summed E-state index contributed by atoms with van der Waals surface area (Å²) in [6.07, 6.45) is 12.0. The number of amides is 1. The number of pyridine rings is 1. The average Bonchev–Trinajstić information content (AvgIpc) is 3.11. The molecule has 0 spiro atoms. The highest BCUT2D eigenvalue weighted by atomic mass is 16.5. The molecule has 2 aromatic rings. The summed E-state index contributed by atoms with van der Waals surface area (Å²) in [5, 5.41) is 8.57. The molecule has 0 radical (unpaired) electrons. The second-order valence-electron chi connectivity index (χ2n) is 8.00. The molecule has 0 aromatic carbocycles. The van der Waals surface area contributed by atoms with Gasteiger partial charge in [0, 0.05) is 37.5 Å². The van der Waals surface area contributed by atoms with Crippen molar-refractivity contribution in [3.05, 3.63) is 35.8 Å². The lowest BCUT2D eigenvalue weighted by molar-refractivity contribution is 0.0786. The molecule has 3 aliphatic rings. The first kappa shape index (κ1) is 16.7. The monoisotopic (exact) mass is 367 g/mol. The summed E-state index contributed by atoms with van der Waals surface area (Å²) in [7, 11) is 0. The second kappa shape index (κ2) is 6.94. The first-order valence-electron chi connectivity index (χ1n) is 10.1. The first-order chi connectivity index (χ1) is 13.3. The van der Waals surface area contributed by atoms with Gasteiger partial charge in [0.2, 0.25) is 5.88 Å². The van der Waals surface area contributed by atoms with Gasteiger partial charge in [-0.2, -0.15) is 0 Å². The number of nitrogens with zero attached hydrogens (tertiary/aromatic N) is 5. The highest BCUT2D eigenvalue weighted by molar-refractivity contribution is 5.94. The summed E-state index contributed by atoms with van der Waals surface area (Å²) in [5.74, 6) is 1.25. The lowest BCUT2D eigenvalue weighted by Gasteiger charge is -2.17. The van der Waals surface area contributed by atoms with Crippen LogP contribution >= 0.6 is 0 Å². The van der Waals surface area contributed by atoms with E-state index in [0.717, 1.165) is 31.5 Å². The number of ether oxygens (including phenoxy) is 1. The Morgan fingerprint density at radius 3 is 2.70 bits per heavy atom. The van der Waals surface area contributed by atoms with E-state index >= 15 is 0 Å². The molecule has 5 rings (SSSR count). The molecule has 1 atom stereocenters. The Balaban J connectivity index is 1.20. The van der Waals surface area contributed by atoms with Gasteiger partial charge in [-0.3, -0.25) is 4.79 Å². The van der Waals surface area contributed by atoms with Crippen LogP contribution in [0.15, 0.2) is 24.5 Å². The standard InChI is InChI=1S/C20H25N5O2/c26-20(15-7-8-19(21-11-15)27-17-3-1-2-4-17)24-10-9-16(12-24)25-13-18(22-23-25)14-5-6-14/h7-8,11,13-14,16-17H,1-6,9-10,12H2. The third-order valence-electron chi connectivity index (χ3n) is 5.92. The van der Waals surface area contributed by atoms with E-state index in [9.17, 15) is 4.79 Å². The van der Waals surface area contributed by atoms with Gasteiger partial charge in [-0.1, -0.05) is 5.21 Å². The van der Waals surface area contributed by atoms with Crippen molar-refractivity contribution >= 4 is 5.91 Å². The fourth-order valence-electron chi connectivity index (χ4n) is 4.11. The second-order valence-corrected chi connectivity index (χ2v) is 8.00. The molecular weight excluding hydrogens is 342 g/mol. The molecule has 27 heavy (non-hydrogen) atoms. The van der Waals surface area contributed by atoms with Crippen molar-refractivity contribution in [3.8, 4) is 5.88 Å². The van der Waals surface area contributed by atoms with Crippen LogP contribution in [-0.2, 0) is 0 Å². The van der Waals surface area contributed by atoms with Crippen LogP contribution < -0.4 is 4.74 Å². The van der Waals surface area contributed by atoms with Crippen molar-refractivity contribution in [2.75, 3.05) is 13.1 Å². The van der Waals surface area contributed by atoms with E-state index in [1.165, 1.54) is 25.7 Å². The van der Waals surface area contributed by atoms with Gasteiger partial charge in [-0.15, -0.1) is 5.10 Å². The highest BCUT2D eigenvalue weighted by Gasteiger charge is 2.31. The van der Waals surface area contributed by atoms with E-state index in [1.807, 2.05) is 21.7 Å². The molecule has 3 heterocycles. The molecule has 1 saturated heterocycles. The fraction of sp³-hybridized carbons (Fsp3) is 0.600. The quantitative estimate of drug-likeness (QED) is 0.812. The van der Waals surface area contributed by atoms with Gasteiger partial charge in [-0.25, -0.2) is 9.67 Å². The molecule has 2 saturated carbocycles. The Morgan fingerprint density at radius 1 is 1.11 bits per heavy atom. The molecule has 1 unspecified atom stereocenters. The normalized spacial score (nSPS) is 23.1. The van der Waals surface area contributed by atoms with Crippen LogP contribution in [0.25, 0.3) is 0 Å². The third-order valence-corrected chi connectivity index (χ3v) is 5.92. The molecular formula is C20H25N5O2. The summed E-state index contributed by atoms with van der Waals surface area (Å²) in [6.45, 7) is 1.41. The maximum atomic E-state index is 12.8. The van der Waals surface area contributed by atoms with Gasteiger partial charge < -0.3 is 9.64 Å². The van der Waals surface area contributed by atoms with Gasteiger partial charge >= 0.3 is 0 Å². The largest absolute Gasteiger partial charge is 0.474 e. The summed E-state index contributed by atoms with van der Waals surface area (Å²) in [4.78, 5) is 19.0. The fourth-order valence-corrected chi connectivity index (χ4v) is 4.11. The van der Waals surface area contributed by atoms with E-state index in [2.05, 4.69) is 21.5 Å². The van der Waals surface area contributed by atoms with E-state index in [0.29, 0.717) is 23.9 Å². The number of carbonyl (C=O) groups excluding carboxylic acids is 1. The van der Waals surface area contributed by atoms with Crippen molar-refractivity contribution in [1.82, 2.24) is 24.9 Å². The van der Waals surface area contributed by atoms with Crippen LogP contribution in [-0.4, -0.2) is 50.0 Å². The number of aromatic nitrogens is 4. The Bertz CT molecular complexity index is 808. The minimum Gasteiger partial charge on any atom is -0.474 e. The van der Waals surface area contributed by atoms with Crippen LogP contribution in [0.4, 0.5) is 0 Å². The predicted molar refractivity (Wildman–Crippen MR) is 98.7 cm³/mol. The molecule has 2 aromatic heterocycles. The zero-order valence-corrected chi connectivity index (χ0v) is 15.5. The van der Waals surface area contributed by atoms with E-state index in [4.69, 9.17) is 4.74 Å². The van der Waals surface area contributed by atoms with Gasteiger partial charge in [0.25, 0.3) is 5.91 Å². The summed E-state index contributed by atoms with van der Waals surface area (Å²) in [5.41, 5.74) is 1.72. The maximum Gasteiger partial charge on any atom is 0.255 e. The van der Waals surface area contributed by atoms with E-state index < -0.39 is 0 Å². The smallest absolute Gasteiger partial charge is 0.255 e. The van der Waals surface area contributed by atoms with Crippen LogP contribution in [0, 0.1) is 0 Å². The summed E-state index contributed by atoms with van der Waals surface area (Å²) in [6, 6.07) is 3.86. The Kier molecular flexibility index (Phi) is 4.30. The van der Waals surface area contributed by atoms with Crippen molar-refractivity contribution in [2.45, 2.75) is 63.0 Å². The number of likely N-dealkylation sites (tertiary alicyclic amines) is 1. The highest BCUT2D eigenvalue weighted by Crippen LogP contribution is 2.39. The molecule has 7 nitrogen and oxygen atoms in total. The van der Waals surface area contributed by atoms with Crippen molar-refractivity contribution < 1.29 is 9.53 Å². The minimum atomic E-state index is 0.0277. The van der Waals surface area contributed by atoms with E-state index in [1.54, 1.807) is 6.20 Å². The molecule has 2 aliphatic carbocycles. The number of carbonyl (C=O) groups is 1. The number of hydrogen-bond acceptors (Lipinski definition) is 5. The topological polar surface area (TPSA) is 73.1 Å². The van der Waals surface area contributed by atoms with Crippen molar-refractivity contribution in [3.63, 3.8) is 0 Å².